The van der Waals surface area contributed by atoms with Gasteiger partial charge in [-0.05, 0) is 37.1 Å². The van der Waals surface area contributed by atoms with Crippen molar-refractivity contribution in [1.82, 2.24) is 9.97 Å². The second-order valence-corrected chi connectivity index (χ2v) is 4.26. The van der Waals surface area contributed by atoms with Gasteiger partial charge < -0.3 is 5.32 Å². The van der Waals surface area contributed by atoms with Gasteiger partial charge in [-0.2, -0.15) is 0 Å². The summed E-state index contributed by atoms with van der Waals surface area (Å²) in [5.41, 5.74) is 2.88. The highest BCUT2D eigenvalue weighted by molar-refractivity contribution is 5.44. The lowest BCUT2D eigenvalue weighted by atomic mass is 10.1. The molecule has 0 fully saturated rings. The zero-order valence-electron chi connectivity index (χ0n) is 10.5. The Balaban J connectivity index is 2.17. The van der Waals surface area contributed by atoms with E-state index in [-0.39, 0.29) is 11.9 Å². The summed E-state index contributed by atoms with van der Waals surface area (Å²) in [5.74, 6) is -0.314. The van der Waals surface area contributed by atoms with E-state index in [4.69, 9.17) is 0 Å². The second-order valence-electron chi connectivity index (χ2n) is 4.26. The maximum Gasteiger partial charge on any atom is 0.141 e. The first-order chi connectivity index (χ1) is 8.69. The van der Waals surface area contributed by atoms with Crippen LogP contribution in [0, 0.1) is 12.7 Å². The molecule has 2 rings (SSSR count). The first-order valence-corrected chi connectivity index (χ1v) is 5.98. The maximum absolute atomic E-state index is 12.8. The predicted molar refractivity (Wildman–Crippen MR) is 69.8 cm³/mol. The monoisotopic (exact) mass is 245 g/mol. The molecular formula is C14H16FN3. The number of hydrogen-bond donors (Lipinski definition) is 1. The molecule has 0 bridgehead atoms. The van der Waals surface area contributed by atoms with E-state index >= 15 is 0 Å². The van der Waals surface area contributed by atoms with Gasteiger partial charge in [-0.1, -0.05) is 6.92 Å². The van der Waals surface area contributed by atoms with Crippen LogP contribution in [0.4, 0.5) is 10.1 Å². The van der Waals surface area contributed by atoms with Gasteiger partial charge in [-0.25, -0.2) is 4.39 Å². The molecule has 1 atom stereocenters. The summed E-state index contributed by atoms with van der Waals surface area (Å²) in [6, 6.07) is 5.23. The lowest BCUT2D eigenvalue weighted by Crippen LogP contribution is -2.11. The normalized spacial score (nSPS) is 12.2. The molecule has 3 nitrogen and oxygen atoms in total. The van der Waals surface area contributed by atoms with E-state index in [9.17, 15) is 4.39 Å². The molecule has 0 aromatic carbocycles. The summed E-state index contributed by atoms with van der Waals surface area (Å²) in [5, 5.41) is 3.36. The van der Waals surface area contributed by atoms with Crippen molar-refractivity contribution in [3.63, 3.8) is 0 Å². The average Bonchev–Trinajstić information content (AvgIpc) is 2.37. The minimum absolute atomic E-state index is 0.0641. The quantitative estimate of drug-likeness (QED) is 0.896. The van der Waals surface area contributed by atoms with Crippen LogP contribution in [0.2, 0.25) is 0 Å². The summed E-state index contributed by atoms with van der Waals surface area (Å²) < 4.78 is 12.8. The summed E-state index contributed by atoms with van der Waals surface area (Å²) in [6.07, 6.45) is 5.70. The summed E-state index contributed by atoms with van der Waals surface area (Å²) in [4.78, 5) is 8.25. The van der Waals surface area contributed by atoms with Crippen LogP contribution in [-0.2, 0) is 0 Å². The number of nitrogens with one attached hydrogen (secondary N) is 1. The Labute approximate surface area is 106 Å². The number of hydrogen-bond acceptors (Lipinski definition) is 3. The molecule has 4 heteroatoms. The third kappa shape index (κ3) is 3.03. The number of aromatic nitrogens is 2. The van der Waals surface area contributed by atoms with Gasteiger partial charge in [-0.3, -0.25) is 9.97 Å². The molecule has 0 amide bonds. The van der Waals surface area contributed by atoms with E-state index in [0.29, 0.717) is 0 Å². The van der Waals surface area contributed by atoms with E-state index in [1.165, 1.54) is 12.3 Å². The largest absolute Gasteiger partial charge is 0.375 e. The van der Waals surface area contributed by atoms with Crippen molar-refractivity contribution >= 4 is 5.69 Å². The highest BCUT2D eigenvalue weighted by Crippen LogP contribution is 2.20. The Kier molecular flexibility index (Phi) is 3.87. The lowest BCUT2D eigenvalue weighted by Gasteiger charge is -2.17. The molecule has 1 unspecified atom stereocenters. The van der Waals surface area contributed by atoms with Gasteiger partial charge in [0.2, 0.25) is 0 Å². The minimum Gasteiger partial charge on any atom is -0.375 e. The molecule has 2 heterocycles. The van der Waals surface area contributed by atoms with Crippen LogP contribution in [0.3, 0.4) is 0 Å². The van der Waals surface area contributed by atoms with Crippen molar-refractivity contribution in [3.05, 3.63) is 53.9 Å². The van der Waals surface area contributed by atoms with Gasteiger partial charge in [0.15, 0.2) is 0 Å². The van der Waals surface area contributed by atoms with Crippen molar-refractivity contribution < 1.29 is 4.39 Å². The molecule has 0 aliphatic heterocycles. The molecule has 0 saturated heterocycles. The number of nitrogens with zero attached hydrogens (tertiary/aromatic N) is 2. The van der Waals surface area contributed by atoms with Gasteiger partial charge in [0, 0.05) is 12.4 Å². The van der Waals surface area contributed by atoms with E-state index in [1.54, 1.807) is 12.3 Å². The Morgan fingerprint density at radius 1 is 1.28 bits per heavy atom. The standard InChI is InChI=1S/C14H16FN3/c1-3-13(14-5-4-11(15)8-17-14)18-12-6-10(2)7-16-9-12/h4-9,13,18H,3H2,1-2H3. The maximum atomic E-state index is 12.8. The van der Waals surface area contributed by atoms with Gasteiger partial charge in [0.05, 0.1) is 23.6 Å². The molecule has 1 N–H and O–H groups in total. The Hall–Kier alpha value is -1.97. The molecule has 0 aliphatic rings. The van der Waals surface area contributed by atoms with E-state index in [1.807, 2.05) is 19.2 Å². The van der Waals surface area contributed by atoms with Crippen LogP contribution in [0.1, 0.15) is 30.6 Å². The second kappa shape index (κ2) is 5.58. The molecule has 18 heavy (non-hydrogen) atoms. The van der Waals surface area contributed by atoms with Crippen molar-refractivity contribution in [1.29, 1.82) is 0 Å². The SMILES string of the molecule is CCC(Nc1cncc(C)c1)c1ccc(F)cn1. The van der Waals surface area contributed by atoms with Gasteiger partial charge in [-0.15, -0.1) is 0 Å². The summed E-state index contributed by atoms with van der Waals surface area (Å²) in [6.45, 7) is 4.06. The molecule has 2 aromatic rings. The highest BCUT2D eigenvalue weighted by atomic mass is 19.1. The molecule has 0 spiro atoms. The summed E-state index contributed by atoms with van der Waals surface area (Å²) >= 11 is 0. The van der Waals surface area contributed by atoms with Crippen LogP contribution >= 0.6 is 0 Å². The third-order valence-corrected chi connectivity index (χ3v) is 2.73. The Morgan fingerprint density at radius 3 is 2.72 bits per heavy atom. The fraction of sp³-hybridized carbons (Fsp3) is 0.286. The van der Waals surface area contributed by atoms with Crippen molar-refractivity contribution in [2.75, 3.05) is 5.32 Å². The molecule has 0 saturated carbocycles. The van der Waals surface area contributed by atoms with Crippen LogP contribution in [0.25, 0.3) is 0 Å². The number of anilines is 1. The van der Waals surface area contributed by atoms with Gasteiger partial charge in [0.25, 0.3) is 0 Å². The smallest absolute Gasteiger partial charge is 0.141 e. The van der Waals surface area contributed by atoms with Gasteiger partial charge >= 0.3 is 0 Å². The average molecular weight is 245 g/mol. The molecule has 2 aromatic heterocycles. The zero-order valence-corrected chi connectivity index (χ0v) is 10.5. The fourth-order valence-corrected chi connectivity index (χ4v) is 1.81. The number of aryl methyl sites for hydroxylation is 1. The Bertz CT molecular complexity index is 511. The number of rotatable bonds is 4. The zero-order chi connectivity index (χ0) is 13.0. The lowest BCUT2D eigenvalue weighted by molar-refractivity contribution is 0.614. The summed E-state index contributed by atoms with van der Waals surface area (Å²) in [7, 11) is 0. The number of halogens is 1. The van der Waals surface area contributed by atoms with Crippen LogP contribution < -0.4 is 5.32 Å². The fourth-order valence-electron chi connectivity index (χ4n) is 1.81. The highest BCUT2D eigenvalue weighted by Gasteiger charge is 2.10. The number of pyridine rings is 2. The molecule has 0 aliphatic carbocycles. The topological polar surface area (TPSA) is 37.8 Å². The third-order valence-electron chi connectivity index (χ3n) is 2.73. The first-order valence-electron chi connectivity index (χ1n) is 5.98. The van der Waals surface area contributed by atoms with Gasteiger partial charge in [0.1, 0.15) is 5.82 Å². The van der Waals surface area contributed by atoms with E-state index in [2.05, 4.69) is 22.2 Å². The molecule has 94 valence electrons. The predicted octanol–water partition coefficient (Wildman–Crippen LogP) is 3.49. The van der Waals surface area contributed by atoms with Crippen LogP contribution in [0.5, 0.6) is 0 Å². The molecule has 0 radical (unpaired) electrons. The van der Waals surface area contributed by atoms with Crippen LogP contribution in [-0.4, -0.2) is 9.97 Å². The minimum atomic E-state index is -0.314. The van der Waals surface area contributed by atoms with E-state index in [0.717, 1.165) is 23.4 Å². The van der Waals surface area contributed by atoms with Crippen molar-refractivity contribution in [2.24, 2.45) is 0 Å². The van der Waals surface area contributed by atoms with E-state index < -0.39 is 0 Å². The van der Waals surface area contributed by atoms with Crippen molar-refractivity contribution in [3.8, 4) is 0 Å². The molecular weight excluding hydrogens is 229 g/mol. The van der Waals surface area contributed by atoms with Crippen molar-refractivity contribution in [2.45, 2.75) is 26.3 Å². The first kappa shape index (κ1) is 12.5. The van der Waals surface area contributed by atoms with Crippen LogP contribution in [0.15, 0.2) is 36.8 Å². The Morgan fingerprint density at radius 2 is 2.11 bits per heavy atom.